The first-order valence-corrected chi connectivity index (χ1v) is 6.17. The number of halogens is 3. The lowest BCUT2D eigenvalue weighted by atomic mass is 10.2. The van der Waals surface area contributed by atoms with Crippen LogP contribution in [0.4, 0.5) is 8.78 Å². The fraction of sp³-hybridized carbons (Fsp3) is 0.214. The van der Waals surface area contributed by atoms with Crippen LogP contribution in [0.5, 0.6) is 5.75 Å². The molecule has 0 fully saturated rings. The van der Waals surface area contributed by atoms with Crippen LogP contribution >= 0.6 is 11.6 Å². The molecule has 2 rings (SSSR count). The van der Waals surface area contributed by atoms with Gasteiger partial charge in [0.2, 0.25) is 0 Å². The summed E-state index contributed by atoms with van der Waals surface area (Å²) >= 11 is 5.90. The fourth-order valence-corrected chi connectivity index (χ4v) is 1.83. The number of rotatable bonds is 5. The summed E-state index contributed by atoms with van der Waals surface area (Å²) in [6.45, 7) is 0.363. The van der Waals surface area contributed by atoms with Crippen molar-refractivity contribution in [1.82, 2.24) is 4.98 Å². The fourth-order valence-electron chi connectivity index (χ4n) is 1.67. The smallest absolute Gasteiger partial charge is 0.171 e. The molecular formula is C14H12ClF2NO2. The molecule has 0 bridgehead atoms. The molecule has 0 aliphatic carbocycles. The van der Waals surface area contributed by atoms with Gasteiger partial charge in [0.05, 0.1) is 6.61 Å². The van der Waals surface area contributed by atoms with E-state index in [4.69, 9.17) is 21.1 Å². The van der Waals surface area contributed by atoms with Crippen LogP contribution in [0.3, 0.4) is 0 Å². The highest BCUT2D eigenvalue weighted by atomic mass is 35.5. The highest BCUT2D eigenvalue weighted by Gasteiger charge is 2.07. The Bertz CT molecular complexity index is 587. The molecule has 0 atom stereocenters. The number of ether oxygens (including phenoxy) is 2. The van der Waals surface area contributed by atoms with Gasteiger partial charge in [-0.15, -0.1) is 0 Å². The van der Waals surface area contributed by atoms with Crippen molar-refractivity contribution in [2.24, 2.45) is 0 Å². The molecule has 0 saturated heterocycles. The Hall–Kier alpha value is -1.72. The third-order valence-corrected chi connectivity index (χ3v) is 2.78. The van der Waals surface area contributed by atoms with Gasteiger partial charge in [0, 0.05) is 19.4 Å². The Kier molecular flexibility index (Phi) is 4.87. The second kappa shape index (κ2) is 6.63. The molecule has 2 aromatic rings. The van der Waals surface area contributed by atoms with E-state index in [2.05, 4.69) is 4.98 Å². The molecule has 1 aromatic carbocycles. The van der Waals surface area contributed by atoms with Gasteiger partial charge in [0.15, 0.2) is 10.9 Å². The van der Waals surface area contributed by atoms with Gasteiger partial charge in [-0.1, -0.05) is 11.6 Å². The van der Waals surface area contributed by atoms with Crippen molar-refractivity contribution in [2.45, 2.75) is 13.2 Å². The summed E-state index contributed by atoms with van der Waals surface area (Å²) in [5, 5.41) is 0.182. The summed E-state index contributed by atoms with van der Waals surface area (Å²) in [7, 11) is 1.56. The van der Waals surface area contributed by atoms with E-state index in [0.29, 0.717) is 17.9 Å². The molecule has 3 nitrogen and oxygen atoms in total. The number of methoxy groups -OCH3 is 1. The van der Waals surface area contributed by atoms with Gasteiger partial charge in [-0.2, -0.15) is 0 Å². The van der Waals surface area contributed by atoms with E-state index in [1.54, 1.807) is 19.4 Å². The van der Waals surface area contributed by atoms with Crippen molar-refractivity contribution in [3.05, 3.63) is 58.4 Å². The third-order valence-electron chi connectivity index (χ3n) is 2.49. The molecule has 0 aliphatic heterocycles. The van der Waals surface area contributed by atoms with Gasteiger partial charge < -0.3 is 9.47 Å². The number of benzene rings is 1. The topological polar surface area (TPSA) is 31.4 Å². The molecule has 0 N–H and O–H groups in total. The number of nitrogens with zero attached hydrogens (tertiary/aromatic N) is 1. The maximum atomic E-state index is 13.0. The van der Waals surface area contributed by atoms with Crippen LogP contribution in [0.15, 0.2) is 30.5 Å². The third kappa shape index (κ3) is 3.88. The molecule has 0 amide bonds. The molecule has 106 valence electrons. The van der Waals surface area contributed by atoms with Crippen LogP contribution in [0.2, 0.25) is 5.15 Å². The normalized spacial score (nSPS) is 10.6. The van der Waals surface area contributed by atoms with Crippen LogP contribution in [0.25, 0.3) is 0 Å². The van der Waals surface area contributed by atoms with Gasteiger partial charge in [-0.25, -0.2) is 13.8 Å². The summed E-state index contributed by atoms with van der Waals surface area (Å²) in [4.78, 5) is 3.96. The highest BCUT2D eigenvalue weighted by Crippen LogP contribution is 2.24. The average Bonchev–Trinajstić information content (AvgIpc) is 2.38. The molecule has 0 aliphatic rings. The second-order valence-electron chi connectivity index (χ2n) is 4.13. The minimum absolute atomic E-state index is 0.00743. The second-order valence-corrected chi connectivity index (χ2v) is 4.49. The minimum atomic E-state index is -0.652. The summed E-state index contributed by atoms with van der Waals surface area (Å²) < 4.78 is 36.5. The van der Waals surface area contributed by atoms with Gasteiger partial charge in [-0.3, -0.25) is 0 Å². The number of aromatic nitrogens is 1. The van der Waals surface area contributed by atoms with Gasteiger partial charge in [-0.05, 0) is 29.3 Å². The van der Waals surface area contributed by atoms with Gasteiger partial charge >= 0.3 is 0 Å². The van der Waals surface area contributed by atoms with Crippen LogP contribution in [0, 0.1) is 11.6 Å². The monoisotopic (exact) mass is 299 g/mol. The van der Waals surface area contributed by atoms with Gasteiger partial charge in [0.1, 0.15) is 18.2 Å². The van der Waals surface area contributed by atoms with Crippen molar-refractivity contribution < 1.29 is 18.3 Å². The molecule has 0 saturated carbocycles. The highest BCUT2D eigenvalue weighted by molar-refractivity contribution is 6.30. The lowest BCUT2D eigenvalue weighted by Gasteiger charge is -2.09. The number of hydrogen-bond donors (Lipinski definition) is 0. The van der Waals surface area contributed by atoms with E-state index in [-0.39, 0.29) is 11.8 Å². The van der Waals surface area contributed by atoms with E-state index in [9.17, 15) is 8.78 Å². The first-order valence-electron chi connectivity index (χ1n) is 5.79. The van der Waals surface area contributed by atoms with Crippen molar-refractivity contribution in [1.29, 1.82) is 0 Å². The van der Waals surface area contributed by atoms with Gasteiger partial charge in [0.25, 0.3) is 0 Å². The summed E-state index contributed by atoms with van der Waals surface area (Å²) in [5.74, 6) is -0.965. The first-order chi connectivity index (χ1) is 9.58. The predicted octanol–water partition coefficient (Wildman–Crippen LogP) is 3.74. The Morgan fingerprint density at radius 3 is 2.40 bits per heavy atom. The zero-order chi connectivity index (χ0) is 14.5. The Balaban J connectivity index is 2.11. The van der Waals surface area contributed by atoms with Crippen LogP contribution < -0.4 is 4.74 Å². The quantitative estimate of drug-likeness (QED) is 0.788. The standard InChI is InChI=1S/C14H12ClF2NO2/c1-19-7-10-4-13(14(15)18-6-10)20-8-9-2-11(16)5-12(17)3-9/h2-6H,7-8H2,1H3. The molecule has 6 heteroatoms. The molecule has 1 aromatic heterocycles. The van der Waals surface area contributed by atoms with Crippen LogP contribution in [-0.2, 0) is 18.0 Å². The summed E-state index contributed by atoms with van der Waals surface area (Å²) in [6.07, 6.45) is 1.57. The minimum Gasteiger partial charge on any atom is -0.486 e. The van der Waals surface area contributed by atoms with Crippen molar-refractivity contribution in [3.63, 3.8) is 0 Å². The van der Waals surface area contributed by atoms with E-state index < -0.39 is 11.6 Å². The Morgan fingerprint density at radius 2 is 1.75 bits per heavy atom. The molecule has 0 radical (unpaired) electrons. The van der Waals surface area contributed by atoms with Crippen LogP contribution in [0.1, 0.15) is 11.1 Å². The van der Waals surface area contributed by atoms with E-state index in [1.165, 1.54) is 12.1 Å². The largest absolute Gasteiger partial charge is 0.486 e. The maximum absolute atomic E-state index is 13.0. The van der Waals surface area contributed by atoms with Crippen molar-refractivity contribution in [2.75, 3.05) is 7.11 Å². The lowest BCUT2D eigenvalue weighted by Crippen LogP contribution is -2.00. The number of pyridine rings is 1. The summed E-state index contributed by atoms with van der Waals surface area (Å²) in [5.41, 5.74) is 1.16. The number of hydrogen-bond acceptors (Lipinski definition) is 3. The molecule has 1 heterocycles. The lowest BCUT2D eigenvalue weighted by molar-refractivity contribution is 0.184. The summed E-state index contributed by atoms with van der Waals surface area (Å²) in [6, 6.07) is 4.87. The van der Waals surface area contributed by atoms with Crippen molar-refractivity contribution >= 4 is 11.6 Å². The van der Waals surface area contributed by atoms with Crippen molar-refractivity contribution in [3.8, 4) is 5.75 Å². The van der Waals surface area contributed by atoms with E-state index in [0.717, 1.165) is 11.6 Å². The maximum Gasteiger partial charge on any atom is 0.171 e. The molecule has 0 unspecified atom stereocenters. The zero-order valence-electron chi connectivity index (χ0n) is 10.7. The first kappa shape index (κ1) is 14.7. The molecule has 0 spiro atoms. The van der Waals surface area contributed by atoms with E-state index in [1.807, 2.05) is 0 Å². The molecule has 20 heavy (non-hydrogen) atoms. The Labute approximate surface area is 120 Å². The molecular weight excluding hydrogens is 288 g/mol. The van der Waals surface area contributed by atoms with Crippen LogP contribution in [-0.4, -0.2) is 12.1 Å². The van der Waals surface area contributed by atoms with E-state index >= 15 is 0 Å². The average molecular weight is 300 g/mol. The predicted molar refractivity (Wildman–Crippen MR) is 70.7 cm³/mol. The Morgan fingerprint density at radius 1 is 1.05 bits per heavy atom. The SMILES string of the molecule is COCc1cnc(Cl)c(OCc2cc(F)cc(F)c2)c1. The zero-order valence-corrected chi connectivity index (χ0v) is 11.5.